The Kier molecular flexibility index (Phi) is 5.09. The molecule has 1 aliphatic heterocycles. The SMILES string of the molecule is COc1ccc(NC(=O)C2=C(C)Nc3ncnn3C2c2ccccc2F)c(OC)c1. The van der Waals surface area contributed by atoms with Gasteiger partial charge in [-0.05, 0) is 25.1 Å². The second-order valence-electron chi connectivity index (χ2n) is 6.64. The van der Waals surface area contributed by atoms with Crippen molar-refractivity contribution in [2.45, 2.75) is 13.0 Å². The second kappa shape index (κ2) is 7.86. The van der Waals surface area contributed by atoms with E-state index in [-0.39, 0.29) is 0 Å². The first-order valence-electron chi connectivity index (χ1n) is 9.18. The van der Waals surface area contributed by atoms with Gasteiger partial charge in [0.15, 0.2) is 0 Å². The Morgan fingerprint density at radius 1 is 1.20 bits per heavy atom. The van der Waals surface area contributed by atoms with Crippen molar-refractivity contribution in [2.24, 2.45) is 0 Å². The van der Waals surface area contributed by atoms with Crippen LogP contribution < -0.4 is 20.1 Å². The van der Waals surface area contributed by atoms with Gasteiger partial charge < -0.3 is 20.1 Å². The molecular weight excluding hydrogens is 389 g/mol. The molecule has 154 valence electrons. The number of carbonyl (C=O) groups excluding carboxylic acids is 1. The Morgan fingerprint density at radius 2 is 2.00 bits per heavy atom. The molecule has 8 nitrogen and oxygen atoms in total. The number of halogens is 1. The molecule has 0 saturated carbocycles. The maximum atomic E-state index is 14.7. The number of carbonyl (C=O) groups is 1. The fraction of sp³-hybridized carbons (Fsp3) is 0.190. The summed E-state index contributed by atoms with van der Waals surface area (Å²) in [6.45, 7) is 1.74. The number of fused-ring (bicyclic) bond motifs is 1. The van der Waals surface area contributed by atoms with Crippen LogP contribution in [-0.4, -0.2) is 34.9 Å². The molecule has 0 radical (unpaired) electrons. The molecule has 0 bridgehead atoms. The zero-order valence-electron chi connectivity index (χ0n) is 16.6. The molecule has 2 heterocycles. The van der Waals surface area contributed by atoms with Crippen LogP contribution in [-0.2, 0) is 4.79 Å². The van der Waals surface area contributed by atoms with E-state index in [1.165, 1.54) is 24.2 Å². The van der Waals surface area contributed by atoms with Gasteiger partial charge in [-0.25, -0.2) is 9.07 Å². The number of nitrogens with one attached hydrogen (secondary N) is 2. The van der Waals surface area contributed by atoms with E-state index in [4.69, 9.17) is 9.47 Å². The minimum atomic E-state index is -0.783. The minimum absolute atomic E-state index is 0.316. The van der Waals surface area contributed by atoms with Gasteiger partial charge in [-0.15, -0.1) is 0 Å². The average Bonchev–Trinajstić information content (AvgIpc) is 3.21. The number of aromatic nitrogens is 3. The van der Waals surface area contributed by atoms with Gasteiger partial charge in [0.1, 0.15) is 29.7 Å². The topological polar surface area (TPSA) is 90.3 Å². The van der Waals surface area contributed by atoms with Crippen molar-refractivity contribution >= 4 is 17.5 Å². The van der Waals surface area contributed by atoms with Crippen LogP contribution in [0, 0.1) is 5.82 Å². The lowest BCUT2D eigenvalue weighted by Crippen LogP contribution is -2.32. The van der Waals surface area contributed by atoms with E-state index >= 15 is 0 Å². The van der Waals surface area contributed by atoms with Crippen LogP contribution in [0.2, 0.25) is 0 Å². The van der Waals surface area contributed by atoms with Crippen LogP contribution in [0.3, 0.4) is 0 Å². The van der Waals surface area contributed by atoms with E-state index in [1.54, 1.807) is 50.4 Å². The first kappa shape index (κ1) is 19.4. The summed E-state index contributed by atoms with van der Waals surface area (Å²) in [5.74, 6) is 0.604. The highest BCUT2D eigenvalue weighted by molar-refractivity contribution is 6.06. The third-order valence-electron chi connectivity index (χ3n) is 4.90. The summed E-state index contributed by atoms with van der Waals surface area (Å²) in [5.41, 5.74) is 1.64. The Bertz CT molecular complexity index is 1140. The number of nitrogens with zero attached hydrogens (tertiary/aromatic N) is 3. The number of hydrogen-bond donors (Lipinski definition) is 2. The summed E-state index contributed by atoms with van der Waals surface area (Å²) in [6.07, 6.45) is 1.36. The van der Waals surface area contributed by atoms with Crippen molar-refractivity contribution < 1.29 is 18.7 Å². The van der Waals surface area contributed by atoms with E-state index in [1.807, 2.05) is 0 Å². The van der Waals surface area contributed by atoms with Gasteiger partial charge in [0, 0.05) is 17.3 Å². The number of benzene rings is 2. The zero-order chi connectivity index (χ0) is 21.3. The van der Waals surface area contributed by atoms with Crippen LogP contribution in [0.1, 0.15) is 18.5 Å². The third kappa shape index (κ3) is 3.34. The summed E-state index contributed by atoms with van der Waals surface area (Å²) in [4.78, 5) is 17.5. The van der Waals surface area contributed by atoms with Crippen LogP contribution in [0.4, 0.5) is 16.0 Å². The second-order valence-corrected chi connectivity index (χ2v) is 6.64. The van der Waals surface area contributed by atoms with Gasteiger partial charge in [-0.2, -0.15) is 10.1 Å². The lowest BCUT2D eigenvalue weighted by Gasteiger charge is -2.29. The fourth-order valence-corrected chi connectivity index (χ4v) is 3.46. The molecule has 1 aromatic heterocycles. The lowest BCUT2D eigenvalue weighted by molar-refractivity contribution is -0.113. The van der Waals surface area contributed by atoms with Crippen LogP contribution in [0.25, 0.3) is 0 Å². The molecule has 0 saturated heterocycles. The van der Waals surface area contributed by atoms with Crippen molar-refractivity contribution in [3.63, 3.8) is 0 Å². The molecule has 2 aromatic carbocycles. The third-order valence-corrected chi connectivity index (χ3v) is 4.90. The van der Waals surface area contributed by atoms with Crippen molar-refractivity contribution in [2.75, 3.05) is 24.9 Å². The van der Waals surface area contributed by atoms with Gasteiger partial charge in [-0.1, -0.05) is 18.2 Å². The molecule has 1 amide bonds. The van der Waals surface area contributed by atoms with E-state index in [0.29, 0.717) is 40.0 Å². The Balaban J connectivity index is 1.76. The molecule has 0 fully saturated rings. The standard InChI is InChI=1S/C21H20FN5O3/c1-12-18(20(28)26-16-9-8-13(29-2)10-17(16)30-3)19(14-6-4-5-7-15(14)22)27-21(25-12)23-11-24-27/h4-11,19H,1-3H3,(H,26,28)(H,23,24,25). The molecule has 30 heavy (non-hydrogen) atoms. The molecule has 9 heteroatoms. The highest BCUT2D eigenvalue weighted by atomic mass is 19.1. The van der Waals surface area contributed by atoms with Crippen LogP contribution >= 0.6 is 0 Å². The largest absolute Gasteiger partial charge is 0.497 e. The molecule has 3 aromatic rings. The van der Waals surface area contributed by atoms with Gasteiger partial charge in [0.25, 0.3) is 5.91 Å². The van der Waals surface area contributed by atoms with Gasteiger partial charge >= 0.3 is 0 Å². The molecule has 2 N–H and O–H groups in total. The maximum absolute atomic E-state index is 14.7. The van der Waals surface area contributed by atoms with Crippen LogP contribution in [0.5, 0.6) is 11.5 Å². The highest BCUT2D eigenvalue weighted by Crippen LogP contribution is 2.37. The van der Waals surface area contributed by atoms with Crippen molar-refractivity contribution in [3.05, 3.63) is 71.4 Å². The molecule has 0 aliphatic carbocycles. The van der Waals surface area contributed by atoms with E-state index < -0.39 is 17.8 Å². The van der Waals surface area contributed by atoms with Crippen molar-refractivity contribution in [3.8, 4) is 11.5 Å². The smallest absolute Gasteiger partial charge is 0.255 e. The monoisotopic (exact) mass is 409 g/mol. The normalized spacial score (nSPS) is 15.3. The molecular formula is C21H20FN5O3. The molecule has 1 aliphatic rings. The van der Waals surface area contributed by atoms with E-state index in [0.717, 1.165) is 0 Å². The number of amides is 1. The first-order valence-corrected chi connectivity index (χ1v) is 9.18. The molecule has 1 atom stereocenters. The number of hydrogen-bond acceptors (Lipinski definition) is 6. The van der Waals surface area contributed by atoms with Gasteiger partial charge in [-0.3, -0.25) is 4.79 Å². The van der Waals surface area contributed by atoms with Crippen molar-refractivity contribution in [1.29, 1.82) is 0 Å². The number of rotatable bonds is 5. The van der Waals surface area contributed by atoms with E-state index in [2.05, 4.69) is 20.7 Å². The Labute approximate surface area is 172 Å². The molecule has 1 unspecified atom stereocenters. The Hall–Kier alpha value is -3.88. The van der Waals surface area contributed by atoms with Gasteiger partial charge in [0.2, 0.25) is 5.95 Å². The summed E-state index contributed by atoms with van der Waals surface area (Å²) < 4.78 is 26.7. The Morgan fingerprint density at radius 3 is 2.73 bits per heavy atom. The number of anilines is 2. The summed E-state index contributed by atoms with van der Waals surface area (Å²) in [7, 11) is 3.05. The van der Waals surface area contributed by atoms with Gasteiger partial charge in [0.05, 0.1) is 25.5 Å². The van der Waals surface area contributed by atoms with Crippen LogP contribution in [0.15, 0.2) is 60.1 Å². The first-order chi connectivity index (χ1) is 14.5. The number of methoxy groups -OCH3 is 2. The molecule has 0 spiro atoms. The van der Waals surface area contributed by atoms with E-state index in [9.17, 15) is 9.18 Å². The predicted molar refractivity (Wildman–Crippen MR) is 109 cm³/mol. The fourth-order valence-electron chi connectivity index (χ4n) is 3.46. The number of ether oxygens (including phenoxy) is 2. The van der Waals surface area contributed by atoms with Crippen molar-refractivity contribution in [1.82, 2.24) is 14.8 Å². The highest BCUT2D eigenvalue weighted by Gasteiger charge is 2.35. The summed E-state index contributed by atoms with van der Waals surface area (Å²) in [6, 6.07) is 10.6. The number of allylic oxidation sites excluding steroid dienone is 1. The quantitative estimate of drug-likeness (QED) is 0.672. The minimum Gasteiger partial charge on any atom is -0.497 e. The maximum Gasteiger partial charge on any atom is 0.255 e. The molecule has 4 rings (SSSR count). The predicted octanol–water partition coefficient (Wildman–Crippen LogP) is 3.36. The summed E-state index contributed by atoms with van der Waals surface area (Å²) >= 11 is 0. The average molecular weight is 409 g/mol. The summed E-state index contributed by atoms with van der Waals surface area (Å²) in [5, 5.41) is 10.1. The zero-order valence-corrected chi connectivity index (χ0v) is 16.6. The lowest BCUT2D eigenvalue weighted by atomic mass is 9.94.